The van der Waals surface area contributed by atoms with Gasteiger partial charge in [0.15, 0.2) is 0 Å². The van der Waals surface area contributed by atoms with Crippen LogP contribution in [0.3, 0.4) is 0 Å². The third-order valence-electron chi connectivity index (χ3n) is 4.01. The Kier molecular flexibility index (Phi) is 4.20. The molecule has 6 heteroatoms. The number of aromatic nitrogens is 2. The maximum Gasteiger partial charge on any atom is 0.269 e. The van der Waals surface area contributed by atoms with Crippen molar-refractivity contribution in [3.63, 3.8) is 0 Å². The van der Waals surface area contributed by atoms with Crippen LogP contribution in [0.25, 0.3) is 11.3 Å². The smallest absolute Gasteiger partial charge is 0.269 e. The Bertz CT molecular complexity index is 670. The fourth-order valence-corrected chi connectivity index (χ4v) is 2.77. The van der Waals surface area contributed by atoms with Crippen LogP contribution in [0, 0.1) is 11.7 Å². The molecule has 0 radical (unpaired) electrons. The normalized spacial score (nSPS) is 18.5. The number of nitrogens with zero attached hydrogens (tertiary/aromatic N) is 2. The Morgan fingerprint density at radius 2 is 2.32 bits per heavy atom. The molecule has 1 unspecified atom stereocenters. The lowest BCUT2D eigenvalue weighted by molar-refractivity contribution is 0.0942. The highest BCUT2D eigenvalue weighted by Crippen LogP contribution is 2.21. The first kappa shape index (κ1) is 14.7. The van der Waals surface area contributed by atoms with Gasteiger partial charge < -0.3 is 10.2 Å². The molecule has 1 aromatic heterocycles. The van der Waals surface area contributed by atoms with Gasteiger partial charge in [-0.15, -0.1) is 0 Å². The number of carbonyl (C=O) groups is 1. The van der Waals surface area contributed by atoms with Crippen LogP contribution < -0.4 is 5.32 Å². The van der Waals surface area contributed by atoms with Crippen molar-refractivity contribution < 1.29 is 9.18 Å². The minimum absolute atomic E-state index is 0.204. The highest BCUT2D eigenvalue weighted by molar-refractivity contribution is 5.93. The highest BCUT2D eigenvalue weighted by Gasteiger charge is 2.20. The van der Waals surface area contributed by atoms with E-state index in [1.165, 1.54) is 6.07 Å². The Hall–Kier alpha value is -2.21. The predicted molar refractivity (Wildman–Crippen MR) is 81.9 cm³/mol. The number of benzene rings is 1. The van der Waals surface area contributed by atoms with E-state index < -0.39 is 0 Å². The van der Waals surface area contributed by atoms with Crippen molar-refractivity contribution in [1.29, 1.82) is 0 Å². The van der Waals surface area contributed by atoms with Crippen molar-refractivity contribution in [2.45, 2.75) is 6.42 Å². The van der Waals surface area contributed by atoms with Gasteiger partial charge >= 0.3 is 0 Å². The van der Waals surface area contributed by atoms with Gasteiger partial charge in [-0.05, 0) is 44.1 Å². The van der Waals surface area contributed by atoms with E-state index in [0.717, 1.165) is 19.5 Å². The summed E-state index contributed by atoms with van der Waals surface area (Å²) in [5, 5.41) is 9.61. The van der Waals surface area contributed by atoms with Crippen LogP contribution in [0.5, 0.6) is 0 Å². The number of aromatic amines is 1. The lowest BCUT2D eigenvalue weighted by Crippen LogP contribution is -2.30. The largest absolute Gasteiger partial charge is 0.350 e. The second-order valence-electron chi connectivity index (χ2n) is 5.77. The zero-order chi connectivity index (χ0) is 15.5. The van der Waals surface area contributed by atoms with Crippen molar-refractivity contribution in [3.8, 4) is 11.3 Å². The molecule has 22 heavy (non-hydrogen) atoms. The number of nitrogens with one attached hydrogen (secondary N) is 2. The van der Waals surface area contributed by atoms with Gasteiger partial charge in [0.25, 0.3) is 5.91 Å². The summed E-state index contributed by atoms with van der Waals surface area (Å²) in [6, 6.07) is 7.96. The fourth-order valence-electron chi connectivity index (χ4n) is 2.77. The van der Waals surface area contributed by atoms with E-state index in [0.29, 0.717) is 29.4 Å². The molecule has 1 aromatic carbocycles. The number of rotatable bonds is 4. The molecule has 5 nitrogen and oxygen atoms in total. The quantitative estimate of drug-likeness (QED) is 0.907. The highest BCUT2D eigenvalue weighted by atomic mass is 19.1. The van der Waals surface area contributed by atoms with Gasteiger partial charge in [0.2, 0.25) is 0 Å². The average Bonchev–Trinajstić information content (AvgIpc) is 3.14. The molecule has 1 aliphatic heterocycles. The monoisotopic (exact) mass is 302 g/mol. The molecular weight excluding hydrogens is 283 g/mol. The van der Waals surface area contributed by atoms with Crippen LogP contribution in [-0.2, 0) is 0 Å². The molecule has 2 N–H and O–H groups in total. The number of carbonyl (C=O) groups excluding carboxylic acids is 1. The minimum atomic E-state index is -0.352. The van der Waals surface area contributed by atoms with Crippen LogP contribution in [0.15, 0.2) is 30.3 Å². The van der Waals surface area contributed by atoms with Crippen molar-refractivity contribution in [2.24, 2.45) is 5.92 Å². The predicted octanol–water partition coefficient (Wildman–Crippen LogP) is 1.90. The molecule has 2 aromatic rings. The van der Waals surface area contributed by atoms with E-state index in [-0.39, 0.29) is 11.7 Å². The van der Waals surface area contributed by atoms with E-state index in [2.05, 4.69) is 27.5 Å². The fraction of sp³-hybridized carbons (Fsp3) is 0.375. The molecule has 0 aliphatic carbocycles. The van der Waals surface area contributed by atoms with Gasteiger partial charge in [0.05, 0.1) is 5.69 Å². The number of hydrogen-bond donors (Lipinski definition) is 2. The minimum Gasteiger partial charge on any atom is -0.350 e. The molecule has 1 amide bonds. The molecule has 3 rings (SSSR count). The Balaban J connectivity index is 1.63. The molecule has 1 atom stereocenters. The maximum absolute atomic E-state index is 13.7. The van der Waals surface area contributed by atoms with Crippen molar-refractivity contribution >= 4 is 5.91 Å². The second-order valence-corrected chi connectivity index (χ2v) is 5.77. The van der Waals surface area contributed by atoms with Crippen molar-refractivity contribution in [2.75, 3.05) is 26.7 Å². The molecule has 2 heterocycles. The molecule has 0 bridgehead atoms. The first-order chi connectivity index (χ1) is 10.6. The Labute approximate surface area is 128 Å². The van der Waals surface area contributed by atoms with Gasteiger partial charge in [0, 0.05) is 18.7 Å². The molecule has 1 aliphatic rings. The summed E-state index contributed by atoms with van der Waals surface area (Å²) in [4.78, 5) is 14.4. The molecule has 1 saturated heterocycles. The van der Waals surface area contributed by atoms with Gasteiger partial charge in [0.1, 0.15) is 11.5 Å². The van der Waals surface area contributed by atoms with E-state index in [1.54, 1.807) is 24.3 Å². The third-order valence-corrected chi connectivity index (χ3v) is 4.01. The first-order valence-electron chi connectivity index (χ1n) is 7.40. The number of halogens is 1. The van der Waals surface area contributed by atoms with Crippen molar-refractivity contribution in [3.05, 3.63) is 41.8 Å². The summed E-state index contributed by atoms with van der Waals surface area (Å²) in [6.07, 6.45) is 1.10. The van der Waals surface area contributed by atoms with Crippen LogP contribution in [0.1, 0.15) is 16.9 Å². The first-order valence-corrected chi connectivity index (χ1v) is 7.40. The van der Waals surface area contributed by atoms with Crippen LogP contribution in [0.4, 0.5) is 4.39 Å². The third kappa shape index (κ3) is 3.17. The molecule has 0 spiro atoms. The summed E-state index contributed by atoms with van der Waals surface area (Å²) < 4.78 is 13.7. The van der Waals surface area contributed by atoms with Crippen LogP contribution in [-0.4, -0.2) is 47.7 Å². The maximum atomic E-state index is 13.7. The SMILES string of the molecule is CN1CCC(CNC(=O)c2cc(-c3ccccc3F)n[nH]2)C1. The molecule has 1 fully saturated rings. The molecule has 116 valence electrons. The average molecular weight is 302 g/mol. The molecular formula is C16H19FN4O. The Morgan fingerprint density at radius 1 is 1.50 bits per heavy atom. The van der Waals surface area contributed by atoms with Crippen LogP contribution in [0.2, 0.25) is 0 Å². The number of likely N-dealkylation sites (tertiary alicyclic amines) is 1. The zero-order valence-corrected chi connectivity index (χ0v) is 12.5. The van der Waals surface area contributed by atoms with E-state index >= 15 is 0 Å². The topological polar surface area (TPSA) is 61.0 Å². The van der Waals surface area contributed by atoms with E-state index in [1.807, 2.05) is 0 Å². The van der Waals surface area contributed by atoms with E-state index in [4.69, 9.17) is 0 Å². The molecule has 0 saturated carbocycles. The lowest BCUT2D eigenvalue weighted by Gasteiger charge is -2.10. The van der Waals surface area contributed by atoms with Gasteiger partial charge in [-0.25, -0.2) is 4.39 Å². The van der Waals surface area contributed by atoms with E-state index in [9.17, 15) is 9.18 Å². The van der Waals surface area contributed by atoms with Gasteiger partial charge in [-0.1, -0.05) is 12.1 Å². The number of hydrogen-bond acceptors (Lipinski definition) is 3. The summed E-state index contributed by atoms with van der Waals surface area (Å²) in [5.41, 5.74) is 1.17. The zero-order valence-electron chi connectivity index (χ0n) is 12.5. The lowest BCUT2D eigenvalue weighted by atomic mass is 10.1. The Morgan fingerprint density at radius 3 is 3.05 bits per heavy atom. The summed E-state index contributed by atoms with van der Waals surface area (Å²) >= 11 is 0. The second kappa shape index (κ2) is 6.27. The van der Waals surface area contributed by atoms with Crippen molar-refractivity contribution in [1.82, 2.24) is 20.4 Å². The number of H-pyrrole nitrogens is 1. The van der Waals surface area contributed by atoms with Gasteiger partial charge in [-0.2, -0.15) is 5.10 Å². The number of amides is 1. The summed E-state index contributed by atoms with van der Waals surface area (Å²) in [6.45, 7) is 2.73. The summed E-state index contributed by atoms with van der Waals surface area (Å²) in [7, 11) is 2.08. The van der Waals surface area contributed by atoms with Crippen LogP contribution >= 0.6 is 0 Å². The summed E-state index contributed by atoms with van der Waals surface area (Å²) in [5.74, 6) is -0.0671. The standard InChI is InChI=1S/C16H19FN4O/c1-21-7-6-11(10-21)9-18-16(22)15-8-14(19-20-15)12-4-2-3-5-13(12)17/h2-5,8,11H,6-7,9-10H2,1H3,(H,18,22)(H,19,20). The van der Waals surface area contributed by atoms with Gasteiger partial charge in [-0.3, -0.25) is 9.89 Å².